The molecule has 4 rings (SSSR count). The second kappa shape index (κ2) is 13.2. The molecule has 0 bridgehead atoms. The fraction of sp³-hybridized carbons (Fsp3) is 0.290. The molecule has 1 heterocycles. The number of carbonyl (C=O) groups is 1. The van der Waals surface area contributed by atoms with Crippen molar-refractivity contribution in [2.45, 2.75) is 33.6 Å². The van der Waals surface area contributed by atoms with Gasteiger partial charge in [0.15, 0.2) is 23.9 Å². The average molecular weight is 670 g/mol. The normalized spacial score (nSPS) is 11.3. The molecule has 214 valence electrons. The first-order chi connectivity index (χ1) is 19.7. The van der Waals surface area contributed by atoms with Crippen molar-refractivity contribution < 1.29 is 23.7 Å². The molecule has 0 saturated carbocycles. The van der Waals surface area contributed by atoms with Crippen molar-refractivity contribution in [2.24, 2.45) is 5.10 Å². The highest BCUT2D eigenvalue weighted by Crippen LogP contribution is 2.35. The molecule has 4 aromatic rings. The molecule has 0 saturated heterocycles. The molecular formula is C31H32IN3O6. The number of aromatic nitrogens is 2. The van der Waals surface area contributed by atoms with Crippen LogP contribution in [0.1, 0.15) is 43.4 Å². The standard InChI is InChI=1S/C31H32IN3O6/c1-7-40-26-12-19(4)23(15-22(26)18(2)3)30-34-25-11-9-8-10-21(25)31(37)35(30)33-16-20-13-24(32)29(27(14-20)38-5)41-17-28(36)39-6/h8-16,18H,7,17H2,1-6H3. The van der Waals surface area contributed by atoms with Crippen molar-refractivity contribution in [1.82, 2.24) is 9.66 Å². The Balaban J connectivity index is 1.87. The quantitative estimate of drug-likeness (QED) is 0.117. The summed E-state index contributed by atoms with van der Waals surface area (Å²) >= 11 is 2.09. The number of ether oxygens (including phenoxy) is 4. The van der Waals surface area contributed by atoms with Gasteiger partial charge in [0.25, 0.3) is 5.56 Å². The zero-order valence-corrected chi connectivity index (χ0v) is 26.0. The lowest BCUT2D eigenvalue weighted by Gasteiger charge is -2.18. The Morgan fingerprint density at radius 3 is 2.54 bits per heavy atom. The first-order valence-electron chi connectivity index (χ1n) is 13.1. The van der Waals surface area contributed by atoms with E-state index >= 15 is 0 Å². The largest absolute Gasteiger partial charge is 0.494 e. The predicted octanol–water partition coefficient (Wildman–Crippen LogP) is 5.94. The molecule has 0 N–H and O–H groups in total. The molecule has 1 aromatic heterocycles. The third-order valence-corrected chi connectivity index (χ3v) is 7.21. The number of fused-ring (bicyclic) bond motifs is 1. The van der Waals surface area contributed by atoms with Crippen LogP contribution >= 0.6 is 22.6 Å². The van der Waals surface area contributed by atoms with E-state index in [0.29, 0.717) is 44.0 Å². The Labute approximate surface area is 252 Å². The molecule has 0 atom stereocenters. The van der Waals surface area contributed by atoms with Gasteiger partial charge in [-0.15, -0.1) is 0 Å². The van der Waals surface area contributed by atoms with Gasteiger partial charge in [0, 0.05) is 5.56 Å². The van der Waals surface area contributed by atoms with Crippen LogP contribution in [0.15, 0.2) is 58.4 Å². The van der Waals surface area contributed by atoms with E-state index in [1.165, 1.54) is 18.9 Å². The lowest BCUT2D eigenvalue weighted by molar-refractivity contribution is -0.142. The SMILES string of the molecule is CCOc1cc(C)c(-c2nc3ccccc3c(=O)n2N=Cc2cc(I)c(OCC(=O)OC)c(OC)c2)cc1C(C)C. The average Bonchev–Trinajstić information content (AvgIpc) is 2.95. The predicted molar refractivity (Wildman–Crippen MR) is 168 cm³/mol. The molecule has 0 amide bonds. The number of para-hydroxylation sites is 1. The highest BCUT2D eigenvalue weighted by molar-refractivity contribution is 14.1. The van der Waals surface area contributed by atoms with E-state index in [2.05, 4.69) is 46.3 Å². The van der Waals surface area contributed by atoms with Crippen molar-refractivity contribution in [2.75, 3.05) is 27.4 Å². The summed E-state index contributed by atoms with van der Waals surface area (Å²) in [6.07, 6.45) is 1.57. The molecule has 3 aromatic carbocycles. The lowest BCUT2D eigenvalue weighted by atomic mass is 9.96. The Kier molecular flexibility index (Phi) is 9.64. The first-order valence-corrected chi connectivity index (χ1v) is 14.2. The second-order valence-electron chi connectivity index (χ2n) is 9.51. The van der Waals surface area contributed by atoms with Gasteiger partial charge in [-0.05, 0) is 95.4 Å². The van der Waals surface area contributed by atoms with Crippen LogP contribution in [0.2, 0.25) is 0 Å². The van der Waals surface area contributed by atoms with Gasteiger partial charge in [-0.1, -0.05) is 26.0 Å². The van der Waals surface area contributed by atoms with Crippen molar-refractivity contribution in [1.29, 1.82) is 0 Å². The topological polar surface area (TPSA) is 101 Å². The zero-order chi connectivity index (χ0) is 29.7. The summed E-state index contributed by atoms with van der Waals surface area (Å²) in [4.78, 5) is 30.2. The third-order valence-electron chi connectivity index (χ3n) is 6.41. The number of nitrogens with zero attached hydrogens (tertiary/aromatic N) is 3. The first kappa shape index (κ1) is 30.0. The maximum Gasteiger partial charge on any atom is 0.343 e. The zero-order valence-electron chi connectivity index (χ0n) is 23.9. The van der Waals surface area contributed by atoms with Crippen LogP contribution in [0.25, 0.3) is 22.3 Å². The number of hydrogen-bond acceptors (Lipinski definition) is 8. The van der Waals surface area contributed by atoms with E-state index in [1.54, 1.807) is 24.4 Å². The molecule has 0 aliphatic heterocycles. The maximum atomic E-state index is 13.8. The van der Waals surface area contributed by atoms with Gasteiger partial charge in [0.1, 0.15) is 5.75 Å². The summed E-state index contributed by atoms with van der Waals surface area (Å²) < 4.78 is 23.7. The molecule has 0 radical (unpaired) electrons. The fourth-order valence-electron chi connectivity index (χ4n) is 4.34. The summed E-state index contributed by atoms with van der Waals surface area (Å²) in [5.41, 5.74) is 3.67. The van der Waals surface area contributed by atoms with Crippen LogP contribution in [0.3, 0.4) is 0 Å². The van der Waals surface area contributed by atoms with Gasteiger partial charge < -0.3 is 18.9 Å². The lowest BCUT2D eigenvalue weighted by Crippen LogP contribution is -2.21. The Morgan fingerprint density at radius 1 is 1.10 bits per heavy atom. The van der Waals surface area contributed by atoms with Crippen molar-refractivity contribution in [3.8, 4) is 28.6 Å². The molecule has 0 fully saturated rings. The van der Waals surface area contributed by atoms with Gasteiger partial charge >= 0.3 is 5.97 Å². The number of rotatable bonds is 10. The van der Waals surface area contributed by atoms with Crippen LogP contribution in [0, 0.1) is 10.5 Å². The van der Waals surface area contributed by atoms with E-state index in [1.807, 2.05) is 44.2 Å². The summed E-state index contributed by atoms with van der Waals surface area (Å²) in [5.74, 6) is 1.75. The molecule has 0 spiro atoms. The van der Waals surface area contributed by atoms with Crippen LogP contribution in [0.4, 0.5) is 0 Å². The Bertz CT molecular complexity index is 1680. The number of aryl methyl sites for hydroxylation is 1. The van der Waals surface area contributed by atoms with E-state index in [0.717, 1.165) is 22.4 Å². The van der Waals surface area contributed by atoms with Crippen molar-refractivity contribution >= 4 is 45.7 Å². The van der Waals surface area contributed by atoms with Gasteiger partial charge in [-0.25, -0.2) is 9.78 Å². The minimum atomic E-state index is -0.505. The van der Waals surface area contributed by atoms with Crippen LogP contribution < -0.4 is 19.8 Å². The maximum absolute atomic E-state index is 13.8. The molecular weight excluding hydrogens is 637 g/mol. The van der Waals surface area contributed by atoms with Crippen LogP contribution in [-0.2, 0) is 9.53 Å². The van der Waals surface area contributed by atoms with Gasteiger partial charge in [0.2, 0.25) is 0 Å². The van der Waals surface area contributed by atoms with E-state index < -0.39 is 5.97 Å². The summed E-state index contributed by atoms with van der Waals surface area (Å²) in [6, 6.07) is 14.8. The summed E-state index contributed by atoms with van der Waals surface area (Å²) in [6.45, 7) is 8.43. The Morgan fingerprint density at radius 2 is 1.85 bits per heavy atom. The highest BCUT2D eigenvalue weighted by atomic mass is 127. The second-order valence-corrected chi connectivity index (χ2v) is 10.7. The highest BCUT2D eigenvalue weighted by Gasteiger charge is 2.19. The molecule has 41 heavy (non-hydrogen) atoms. The molecule has 9 nitrogen and oxygen atoms in total. The van der Waals surface area contributed by atoms with Gasteiger partial charge in [-0.2, -0.15) is 9.78 Å². The smallest absolute Gasteiger partial charge is 0.343 e. The van der Waals surface area contributed by atoms with Crippen LogP contribution in [0.5, 0.6) is 17.2 Å². The number of hydrogen-bond donors (Lipinski definition) is 0. The summed E-state index contributed by atoms with van der Waals surface area (Å²) in [5, 5.41) is 5.08. The fourth-order valence-corrected chi connectivity index (χ4v) is 5.13. The minimum absolute atomic E-state index is 0.189. The Hall–Kier alpha value is -3.93. The third kappa shape index (κ3) is 6.53. The minimum Gasteiger partial charge on any atom is -0.494 e. The monoisotopic (exact) mass is 669 g/mol. The number of esters is 1. The summed E-state index contributed by atoms with van der Waals surface area (Å²) in [7, 11) is 2.80. The van der Waals surface area contributed by atoms with E-state index in [9.17, 15) is 9.59 Å². The van der Waals surface area contributed by atoms with Gasteiger partial charge in [-0.3, -0.25) is 4.79 Å². The number of carbonyl (C=O) groups excluding carboxylic acids is 1. The van der Waals surface area contributed by atoms with E-state index in [-0.39, 0.29) is 18.1 Å². The van der Waals surface area contributed by atoms with E-state index in [4.69, 9.17) is 19.2 Å². The van der Waals surface area contributed by atoms with Crippen molar-refractivity contribution in [3.63, 3.8) is 0 Å². The number of halogens is 1. The van der Waals surface area contributed by atoms with Crippen molar-refractivity contribution in [3.05, 3.63) is 79.1 Å². The molecule has 0 aliphatic carbocycles. The molecule has 0 unspecified atom stereocenters. The molecule has 10 heteroatoms. The number of methoxy groups -OCH3 is 2. The molecule has 0 aliphatic rings. The van der Waals surface area contributed by atoms with Crippen LogP contribution in [-0.4, -0.2) is 49.3 Å². The van der Waals surface area contributed by atoms with Gasteiger partial charge in [0.05, 0.1) is 41.5 Å². The number of benzene rings is 3.